The van der Waals surface area contributed by atoms with Crippen LogP contribution >= 0.6 is 11.3 Å². The van der Waals surface area contributed by atoms with Crippen LogP contribution in [0.5, 0.6) is 5.75 Å². The Labute approximate surface area is 160 Å². The van der Waals surface area contributed by atoms with Crippen LogP contribution in [0.25, 0.3) is 11.3 Å². The maximum atomic E-state index is 12.7. The lowest BCUT2D eigenvalue weighted by atomic mass is 10.1. The molecule has 0 N–H and O–H groups in total. The first-order valence-corrected chi connectivity index (χ1v) is 10.4. The van der Waals surface area contributed by atoms with Gasteiger partial charge in [-0.2, -0.15) is 0 Å². The number of carbonyl (C=O) groups excluding carboxylic acids is 1. The molecule has 2 heterocycles. The minimum atomic E-state index is -0.424. The lowest BCUT2D eigenvalue weighted by Crippen LogP contribution is -2.44. The van der Waals surface area contributed by atoms with Crippen molar-refractivity contribution in [3.8, 4) is 17.0 Å². The summed E-state index contributed by atoms with van der Waals surface area (Å²) in [7, 11) is 0. The van der Waals surface area contributed by atoms with Gasteiger partial charge in [-0.1, -0.05) is 32.6 Å². The molecule has 1 aliphatic rings. The van der Waals surface area contributed by atoms with Crippen molar-refractivity contribution in [3.05, 3.63) is 28.1 Å². The fourth-order valence-electron chi connectivity index (χ4n) is 3.46. The molecular weight excluding hydrogens is 344 g/mol. The van der Waals surface area contributed by atoms with Crippen LogP contribution in [-0.2, 0) is 4.79 Å². The molecule has 1 aromatic heterocycles. The maximum Gasteiger partial charge on any atom is 0.267 e. The Bertz CT molecular complexity index is 784. The second-order valence-corrected chi connectivity index (χ2v) is 8.39. The first-order valence-electron chi connectivity index (χ1n) is 9.57. The van der Waals surface area contributed by atoms with Crippen molar-refractivity contribution < 1.29 is 9.53 Å². The van der Waals surface area contributed by atoms with Gasteiger partial charge < -0.3 is 9.64 Å². The van der Waals surface area contributed by atoms with Crippen molar-refractivity contribution >= 4 is 22.9 Å². The number of fused-ring (bicyclic) bond motifs is 1. The molecule has 3 rings (SSSR count). The van der Waals surface area contributed by atoms with E-state index < -0.39 is 6.10 Å². The molecule has 0 radical (unpaired) electrons. The Morgan fingerprint density at radius 1 is 1.19 bits per heavy atom. The minimum absolute atomic E-state index is 0.0521. The van der Waals surface area contributed by atoms with E-state index in [1.807, 2.05) is 30.9 Å². The summed E-state index contributed by atoms with van der Waals surface area (Å²) in [5.41, 5.74) is 2.93. The number of anilines is 1. The maximum absolute atomic E-state index is 12.7. The van der Waals surface area contributed by atoms with Crippen LogP contribution in [0.15, 0.2) is 18.2 Å². The summed E-state index contributed by atoms with van der Waals surface area (Å²) in [6, 6.07) is 6.08. The molecule has 1 unspecified atom stereocenters. The van der Waals surface area contributed by atoms with Crippen LogP contribution in [0.1, 0.15) is 55.8 Å². The monoisotopic (exact) mass is 372 g/mol. The zero-order valence-corrected chi connectivity index (χ0v) is 17.0. The molecule has 0 saturated heterocycles. The number of aryl methyl sites for hydroxylation is 2. The minimum Gasteiger partial charge on any atom is -0.479 e. The first kappa shape index (κ1) is 18.9. The number of amides is 1. The summed E-state index contributed by atoms with van der Waals surface area (Å²) in [6.07, 6.45) is 5.48. The SMILES string of the molecule is CCCCCCCN1C(=O)C(C)Oc2ccc(-c3nc(C)sc3C)cc21. The van der Waals surface area contributed by atoms with E-state index in [1.54, 1.807) is 11.3 Å². The van der Waals surface area contributed by atoms with E-state index in [0.717, 1.165) is 47.1 Å². The molecule has 0 spiro atoms. The molecule has 5 heteroatoms. The highest BCUT2D eigenvalue weighted by Crippen LogP contribution is 2.39. The Morgan fingerprint density at radius 2 is 1.96 bits per heavy atom. The number of hydrogen-bond acceptors (Lipinski definition) is 4. The van der Waals surface area contributed by atoms with E-state index in [9.17, 15) is 4.79 Å². The van der Waals surface area contributed by atoms with Crippen molar-refractivity contribution in [2.24, 2.45) is 0 Å². The van der Waals surface area contributed by atoms with E-state index in [1.165, 1.54) is 24.1 Å². The summed E-state index contributed by atoms with van der Waals surface area (Å²) in [5, 5.41) is 1.06. The number of aromatic nitrogens is 1. The Balaban J connectivity index is 1.86. The lowest BCUT2D eigenvalue weighted by molar-refractivity contribution is -0.125. The van der Waals surface area contributed by atoms with E-state index >= 15 is 0 Å². The molecule has 2 aromatic rings. The van der Waals surface area contributed by atoms with Gasteiger partial charge >= 0.3 is 0 Å². The van der Waals surface area contributed by atoms with Gasteiger partial charge in [0.2, 0.25) is 0 Å². The molecule has 1 aliphatic heterocycles. The van der Waals surface area contributed by atoms with Crippen molar-refractivity contribution in [1.29, 1.82) is 0 Å². The molecule has 140 valence electrons. The Kier molecular flexibility index (Phi) is 5.97. The van der Waals surface area contributed by atoms with Gasteiger partial charge in [0.05, 0.1) is 16.4 Å². The van der Waals surface area contributed by atoms with Crippen LogP contribution in [0.3, 0.4) is 0 Å². The predicted octanol–water partition coefficient (Wildman–Crippen LogP) is 5.51. The third-order valence-corrected chi connectivity index (χ3v) is 5.72. The third-order valence-electron chi connectivity index (χ3n) is 4.83. The normalized spacial score (nSPS) is 16.5. The van der Waals surface area contributed by atoms with Crippen LogP contribution < -0.4 is 9.64 Å². The van der Waals surface area contributed by atoms with Crippen molar-refractivity contribution in [3.63, 3.8) is 0 Å². The number of carbonyl (C=O) groups is 1. The zero-order chi connectivity index (χ0) is 18.7. The second kappa shape index (κ2) is 8.21. The van der Waals surface area contributed by atoms with Crippen molar-refractivity contribution in [2.45, 2.75) is 65.9 Å². The van der Waals surface area contributed by atoms with Crippen molar-refractivity contribution in [1.82, 2.24) is 4.98 Å². The highest BCUT2D eigenvalue weighted by Gasteiger charge is 2.31. The number of thiazole rings is 1. The van der Waals surface area contributed by atoms with Crippen LogP contribution in [0.2, 0.25) is 0 Å². The lowest BCUT2D eigenvalue weighted by Gasteiger charge is -2.33. The van der Waals surface area contributed by atoms with Crippen LogP contribution in [0, 0.1) is 13.8 Å². The zero-order valence-electron chi connectivity index (χ0n) is 16.2. The Morgan fingerprint density at radius 3 is 2.65 bits per heavy atom. The summed E-state index contributed by atoms with van der Waals surface area (Å²) < 4.78 is 5.84. The average Bonchev–Trinajstić information content (AvgIpc) is 2.96. The second-order valence-electron chi connectivity index (χ2n) is 6.98. The van der Waals surface area contributed by atoms with Gasteiger partial charge in [0.25, 0.3) is 5.91 Å². The van der Waals surface area contributed by atoms with Gasteiger partial charge in [0.15, 0.2) is 6.10 Å². The number of nitrogens with zero attached hydrogens (tertiary/aromatic N) is 2. The molecule has 0 aliphatic carbocycles. The van der Waals surface area contributed by atoms with E-state index in [4.69, 9.17) is 4.74 Å². The smallest absolute Gasteiger partial charge is 0.267 e. The Hall–Kier alpha value is -1.88. The van der Waals surface area contributed by atoms with Gasteiger partial charge in [-0.25, -0.2) is 4.98 Å². The number of benzene rings is 1. The van der Waals surface area contributed by atoms with Crippen LogP contribution in [0.4, 0.5) is 5.69 Å². The number of ether oxygens (including phenoxy) is 1. The summed E-state index contributed by atoms with van der Waals surface area (Å²) in [4.78, 5) is 20.5. The highest BCUT2D eigenvalue weighted by atomic mass is 32.1. The molecule has 26 heavy (non-hydrogen) atoms. The molecule has 1 amide bonds. The molecule has 1 atom stereocenters. The largest absolute Gasteiger partial charge is 0.479 e. The average molecular weight is 373 g/mol. The van der Waals surface area contributed by atoms with Gasteiger partial charge in [-0.15, -0.1) is 11.3 Å². The summed E-state index contributed by atoms with van der Waals surface area (Å²) >= 11 is 1.70. The van der Waals surface area contributed by atoms with E-state index in [-0.39, 0.29) is 5.91 Å². The molecule has 4 nitrogen and oxygen atoms in total. The summed E-state index contributed by atoms with van der Waals surface area (Å²) in [5.74, 6) is 0.843. The fraction of sp³-hybridized carbons (Fsp3) is 0.524. The van der Waals surface area contributed by atoms with Crippen molar-refractivity contribution in [2.75, 3.05) is 11.4 Å². The van der Waals surface area contributed by atoms with E-state index in [0.29, 0.717) is 0 Å². The summed E-state index contributed by atoms with van der Waals surface area (Å²) in [6.45, 7) is 8.91. The predicted molar refractivity (Wildman–Crippen MR) is 108 cm³/mol. The number of hydrogen-bond donors (Lipinski definition) is 0. The standard InChI is InChI=1S/C21H28N2O2S/c1-5-6-7-8-9-12-23-18-13-17(20-15(3)26-16(4)22-20)10-11-19(18)25-14(2)21(23)24/h10-11,13-14H,5-9,12H2,1-4H3. The van der Waals surface area contributed by atoms with Gasteiger partial charge in [0.1, 0.15) is 5.75 Å². The van der Waals surface area contributed by atoms with Crippen LogP contribution in [-0.4, -0.2) is 23.5 Å². The van der Waals surface area contributed by atoms with E-state index in [2.05, 4.69) is 24.9 Å². The third kappa shape index (κ3) is 3.93. The quantitative estimate of drug-likeness (QED) is 0.602. The van der Waals surface area contributed by atoms with Gasteiger partial charge in [-0.3, -0.25) is 4.79 Å². The molecule has 0 bridgehead atoms. The highest BCUT2D eigenvalue weighted by molar-refractivity contribution is 7.11. The topological polar surface area (TPSA) is 42.4 Å². The number of unbranched alkanes of at least 4 members (excludes halogenated alkanes) is 4. The first-order chi connectivity index (χ1) is 12.5. The molecule has 0 fully saturated rings. The van der Waals surface area contributed by atoms with Gasteiger partial charge in [0, 0.05) is 17.0 Å². The molecular formula is C21H28N2O2S. The molecule has 1 aromatic carbocycles. The molecule has 0 saturated carbocycles. The fourth-order valence-corrected chi connectivity index (χ4v) is 4.30. The number of rotatable bonds is 7. The van der Waals surface area contributed by atoms with Gasteiger partial charge in [-0.05, 0) is 45.4 Å².